The van der Waals surface area contributed by atoms with E-state index in [2.05, 4.69) is 17.2 Å². The lowest BCUT2D eigenvalue weighted by Gasteiger charge is -2.28. The van der Waals surface area contributed by atoms with Crippen molar-refractivity contribution in [3.05, 3.63) is 41.4 Å². The van der Waals surface area contributed by atoms with Gasteiger partial charge in [0.1, 0.15) is 0 Å². The standard InChI is InChI=1S/C20H25ClN2O2/c1-2-14-3-9-17(10-4-14)23-19(24)11-12-20-22-13-18(25-20)15-5-7-16(21)8-6-15/h5-8,13-14,17H,2-4,9-12H2,1H3,(H,23,24). The molecular weight excluding hydrogens is 336 g/mol. The highest BCUT2D eigenvalue weighted by molar-refractivity contribution is 6.30. The van der Waals surface area contributed by atoms with Gasteiger partial charge in [0.15, 0.2) is 11.7 Å². The molecule has 1 aromatic heterocycles. The molecule has 5 heteroatoms. The Labute approximate surface area is 154 Å². The molecule has 0 saturated heterocycles. The van der Waals surface area contributed by atoms with Crippen LogP contribution in [0.15, 0.2) is 34.9 Å². The molecule has 1 fully saturated rings. The fraction of sp³-hybridized carbons (Fsp3) is 0.500. The Balaban J connectivity index is 1.46. The molecule has 4 nitrogen and oxygen atoms in total. The van der Waals surface area contributed by atoms with Crippen molar-refractivity contribution in [1.82, 2.24) is 10.3 Å². The van der Waals surface area contributed by atoms with Crippen LogP contribution in [0.2, 0.25) is 5.02 Å². The van der Waals surface area contributed by atoms with Gasteiger partial charge in [-0.15, -0.1) is 0 Å². The molecule has 1 heterocycles. The van der Waals surface area contributed by atoms with Gasteiger partial charge in [0.2, 0.25) is 5.91 Å². The number of nitrogens with one attached hydrogen (secondary N) is 1. The summed E-state index contributed by atoms with van der Waals surface area (Å²) in [5.41, 5.74) is 0.931. The van der Waals surface area contributed by atoms with E-state index in [1.54, 1.807) is 6.20 Å². The minimum absolute atomic E-state index is 0.0891. The summed E-state index contributed by atoms with van der Waals surface area (Å²) in [6, 6.07) is 7.77. The lowest BCUT2D eigenvalue weighted by atomic mass is 9.84. The average molecular weight is 361 g/mol. The van der Waals surface area contributed by atoms with Gasteiger partial charge in [0.05, 0.1) is 6.20 Å². The van der Waals surface area contributed by atoms with Crippen LogP contribution in [-0.2, 0) is 11.2 Å². The van der Waals surface area contributed by atoms with Crippen molar-refractivity contribution in [2.24, 2.45) is 5.92 Å². The largest absolute Gasteiger partial charge is 0.441 e. The van der Waals surface area contributed by atoms with Crippen LogP contribution in [0.25, 0.3) is 11.3 Å². The van der Waals surface area contributed by atoms with Gasteiger partial charge in [-0.25, -0.2) is 4.98 Å². The second kappa shape index (κ2) is 8.52. The van der Waals surface area contributed by atoms with E-state index in [4.69, 9.17) is 16.0 Å². The van der Waals surface area contributed by atoms with Gasteiger partial charge in [-0.3, -0.25) is 4.79 Å². The zero-order valence-corrected chi connectivity index (χ0v) is 15.4. The maximum atomic E-state index is 12.2. The molecule has 1 aliphatic rings. The second-order valence-corrected chi connectivity index (χ2v) is 7.25. The molecule has 3 rings (SSSR count). The van der Waals surface area contributed by atoms with Crippen LogP contribution >= 0.6 is 11.6 Å². The molecule has 1 aliphatic carbocycles. The number of hydrogen-bond donors (Lipinski definition) is 1. The Morgan fingerprint density at radius 2 is 1.96 bits per heavy atom. The zero-order chi connectivity index (χ0) is 17.6. The zero-order valence-electron chi connectivity index (χ0n) is 14.6. The fourth-order valence-corrected chi connectivity index (χ4v) is 3.53. The number of amides is 1. The topological polar surface area (TPSA) is 55.1 Å². The smallest absolute Gasteiger partial charge is 0.220 e. The molecule has 0 spiro atoms. The van der Waals surface area contributed by atoms with E-state index in [-0.39, 0.29) is 5.91 Å². The number of carbonyl (C=O) groups excluding carboxylic acids is 1. The monoisotopic (exact) mass is 360 g/mol. The molecule has 2 aromatic rings. The highest BCUT2D eigenvalue weighted by Gasteiger charge is 2.21. The van der Waals surface area contributed by atoms with Crippen LogP contribution in [0.4, 0.5) is 0 Å². The first-order chi connectivity index (χ1) is 12.1. The number of oxazole rings is 1. The van der Waals surface area contributed by atoms with E-state index in [0.717, 1.165) is 24.3 Å². The molecule has 25 heavy (non-hydrogen) atoms. The molecule has 1 N–H and O–H groups in total. The van der Waals surface area contributed by atoms with Gasteiger partial charge in [-0.05, 0) is 55.9 Å². The number of rotatable bonds is 6. The predicted octanol–water partition coefficient (Wildman–Crippen LogP) is 5.01. The van der Waals surface area contributed by atoms with Crippen molar-refractivity contribution in [2.75, 3.05) is 0 Å². The normalized spacial score (nSPS) is 20.4. The summed E-state index contributed by atoms with van der Waals surface area (Å²) in [5.74, 6) is 2.22. The molecule has 134 valence electrons. The van der Waals surface area contributed by atoms with Crippen molar-refractivity contribution in [2.45, 2.75) is 57.9 Å². The van der Waals surface area contributed by atoms with Crippen molar-refractivity contribution in [3.63, 3.8) is 0 Å². The first kappa shape index (κ1) is 18.0. The quantitative estimate of drug-likeness (QED) is 0.787. The van der Waals surface area contributed by atoms with Crippen LogP contribution in [0.3, 0.4) is 0 Å². The molecule has 0 unspecified atom stereocenters. The predicted molar refractivity (Wildman–Crippen MR) is 99.4 cm³/mol. The molecule has 0 radical (unpaired) electrons. The van der Waals surface area contributed by atoms with Gasteiger partial charge >= 0.3 is 0 Å². The van der Waals surface area contributed by atoms with Crippen molar-refractivity contribution < 1.29 is 9.21 Å². The van der Waals surface area contributed by atoms with Crippen LogP contribution in [-0.4, -0.2) is 16.9 Å². The Bertz CT molecular complexity index is 688. The maximum Gasteiger partial charge on any atom is 0.220 e. The average Bonchev–Trinajstić information content (AvgIpc) is 3.10. The van der Waals surface area contributed by atoms with Crippen LogP contribution in [0.1, 0.15) is 51.3 Å². The minimum Gasteiger partial charge on any atom is -0.441 e. The van der Waals surface area contributed by atoms with Gasteiger partial charge in [0, 0.05) is 29.5 Å². The molecule has 1 amide bonds. The summed E-state index contributed by atoms with van der Waals surface area (Å²) in [7, 11) is 0. The Morgan fingerprint density at radius 3 is 2.64 bits per heavy atom. The Morgan fingerprint density at radius 1 is 1.24 bits per heavy atom. The van der Waals surface area contributed by atoms with Crippen molar-refractivity contribution >= 4 is 17.5 Å². The van der Waals surface area contributed by atoms with E-state index >= 15 is 0 Å². The van der Waals surface area contributed by atoms with E-state index in [1.807, 2.05) is 24.3 Å². The number of carbonyl (C=O) groups is 1. The number of aryl methyl sites for hydroxylation is 1. The summed E-state index contributed by atoms with van der Waals surface area (Å²) >= 11 is 5.89. The lowest BCUT2D eigenvalue weighted by molar-refractivity contribution is -0.122. The van der Waals surface area contributed by atoms with Crippen molar-refractivity contribution in [3.8, 4) is 11.3 Å². The van der Waals surface area contributed by atoms with Crippen LogP contribution in [0.5, 0.6) is 0 Å². The summed E-state index contributed by atoms with van der Waals surface area (Å²) in [6.45, 7) is 2.25. The summed E-state index contributed by atoms with van der Waals surface area (Å²) in [4.78, 5) is 16.4. The lowest BCUT2D eigenvalue weighted by Crippen LogP contribution is -2.37. The minimum atomic E-state index is 0.0891. The third-order valence-corrected chi connectivity index (χ3v) is 5.29. The summed E-state index contributed by atoms with van der Waals surface area (Å²) < 4.78 is 5.74. The fourth-order valence-electron chi connectivity index (χ4n) is 3.41. The first-order valence-corrected chi connectivity index (χ1v) is 9.52. The molecule has 1 saturated carbocycles. The van der Waals surface area contributed by atoms with E-state index in [1.165, 1.54) is 19.3 Å². The molecule has 0 atom stereocenters. The molecule has 0 bridgehead atoms. The molecule has 1 aromatic carbocycles. The van der Waals surface area contributed by atoms with Gasteiger partial charge in [0.25, 0.3) is 0 Å². The number of hydrogen-bond acceptors (Lipinski definition) is 3. The highest BCUT2D eigenvalue weighted by Crippen LogP contribution is 2.26. The molecular formula is C20H25ClN2O2. The number of benzene rings is 1. The SMILES string of the molecule is CCC1CCC(NC(=O)CCc2ncc(-c3ccc(Cl)cc3)o2)CC1. The Kier molecular flexibility index (Phi) is 6.14. The molecule has 0 aliphatic heterocycles. The van der Waals surface area contributed by atoms with E-state index in [0.29, 0.717) is 35.6 Å². The van der Waals surface area contributed by atoms with Crippen LogP contribution in [0, 0.1) is 5.92 Å². The summed E-state index contributed by atoms with van der Waals surface area (Å²) in [5, 5.41) is 3.84. The first-order valence-electron chi connectivity index (χ1n) is 9.14. The highest BCUT2D eigenvalue weighted by atomic mass is 35.5. The number of halogens is 1. The van der Waals surface area contributed by atoms with E-state index in [9.17, 15) is 4.79 Å². The Hall–Kier alpha value is -1.81. The van der Waals surface area contributed by atoms with Gasteiger partial charge in [-0.2, -0.15) is 0 Å². The second-order valence-electron chi connectivity index (χ2n) is 6.82. The van der Waals surface area contributed by atoms with E-state index < -0.39 is 0 Å². The van der Waals surface area contributed by atoms with Crippen molar-refractivity contribution in [1.29, 1.82) is 0 Å². The van der Waals surface area contributed by atoms with Crippen LogP contribution < -0.4 is 5.32 Å². The maximum absolute atomic E-state index is 12.2. The number of aromatic nitrogens is 1. The van der Waals surface area contributed by atoms with Gasteiger partial charge in [-0.1, -0.05) is 24.9 Å². The third kappa shape index (κ3) is 5.08. The summed E-state index contributed by atoms with van der Waals surface area (Å²) in [6.07, 6.45) is 8.53. The van der Waals surface area contributed by atoms with Gasteiger partial charge < -0.3 is 9.73 Å². The number of nitrogens with zero attached hydrogens (tertiary/aromatic N) is 1. The third-order valence-electron chi connectivity index (χ3n) is 5.04.